The van der Waals surface area contributed by atoms with E-state index in [1.807, 2.05) is 0 Å². The molecule has 2 saturated carbocycles. The van der Waals surface area contributed by atoms with E-state index in [1.165, 1.54) is 0 Å². The van der Waals surface area contributed by atoms with Gasteiger partial charge in [-0.2, -0.15) is 10.5 Å². The zero-order valence-corrected chi connectivity index (χ0v) is 22.3. The second-order valence-corrected chi connectivity index (χ2v) is 17.6. The minimum Gasteiger partial charge on any atom is -0.413 e. The van der Waals surface area contributed by atoms with Crippen LogP contribution in [0.2, 0.25) is 16.6 Å². The van der Waals surface area contributed by atoms with Crippen molar-refractivity contribution in [2.24, 2.45) is 34.0 Å². The Kier molecular flexibility index (Phi) is 6.62. The van der Waals surface area contributed by atoms with Gasteiger partial charge in [-0.3, -0.25) is 0 Å². The van der Waals surface area contributed by atoms with Gasteiger partial charge in [0.25, 0.3) is 0 Å². The molecule has 0 amide bonds. The summed E-state index contributed by atoms with van der Waals surface area (Å²) in [5.41, 5.74) is -0.327. The lowest BCUT2D eigenvalue weighted by Gasteiger charge is -2.59. The molecule has 3 aliphatic rings. The van der Waals surface area contributed by atoms with Gasteiger partial charge < -0.3 is 9.22 Å². The topological polar surface area (TPSA) is 73.9 Å². The molecule has 176 valence electrons. The molecule has 0 aromatic rings. The van der Waals surface area contributed by atoms with Crippen LogP contribution in [0.25, 0.3) is 0 Å². The van der Waals surface area contributed by atoms with Gasteiger partial charge in [-0.1, -0.05) is 67.5 Å². The number of nitriles is 2. The molecule has 6 atom stereocenters. The van der Waals surface area contributed by atoms with E-state index in [0.29, 0.717) is 35.4 Å². The summed E-state index contributed by atoms with van der Waals surface area (Å²) in [7, 11) is -2.01. The fraction of sp³-hybridized carbons (Fsp3) is 0.815. The Hall–Kier alpha value is -1.43. The largest absolute Gasteiger partial charge is 0.413 e. The van der Waals surface area contributed by atoms with Crippen LogP contribution in [0.3, 0.4) is 0 Å². The number of carbonyl (C=O) groups excluding carboxylic acids is 1. The Morgan fingerprint density at radius 2 is 1.62 bits per heavy atom. The summed E-state index contributed by atoms with van der Waals surface area (Å²) in [4.78, 5) is 12.8. The van der Waals surface area contributed by atoms with Crippen LogP contribution >= 0.6 is 0 Å². The van der Waals surface area contributed by atoms with E-state index in [-0.39, 0.29) is 23.4 Å². The normalized spacial score (nSPS) is 38.3. The van der Waals surface area contributed by atoms with Crippen molar-refractivity contribution < 1.29 is 9.22 Å². The molecule has 0 spiro atoms. The van der Waals surface area contributed by atoms with E-state index < -0.39 is 19.1 Å². The van der Waals surface area contributed by atoms with Crippen molar-refractivity contribution in [1.29, 1.82) is 10.5 Å². The van der Waals surface area contributed by atoms with Crippen LogP contribution in [0.4, 0.5) is 0 Å². The number of hydrogen-bond acceptors (Lipinski definition) is 4. The number of aldehydes is 1. The summed E-state index contributed by atoms with van der Waals surface area (Å²) >= 11 is 0. The Morgan fingerprint density at radius 1 is 1.06 bits per heavy atom. The van der Waals surface area contributed by atoms with Crippen molar-refractivity contribution in [3.05, 3.63) is 12.2 Å². The van der Waals surface area contributed by atoms with Crippen molar-refractivity contribution in [1.82, 2.24) is 0 Å². The van der Waals surface area contributed by atoms with Gasteiger partial charge >= 0.3 is 0 Å². The van der Waals surface area contributed by atoms with E-state index in [4.69, 9.17) is 4.43 Å². The molecule has 1 unspecified atom stereocenters. The van der Waals surface area contributed by atoms with Crippen LogP contribution in [0, 0.1) is 56.7 Å². The number of carbonyl (C=O) groups is 1. The van der Waals surface area contributed by atoms with Crippen molar-refractivity contribution >= 4 is 14.6 Å². The second-order valence-electron chi connectivity index (χ2n) is 12.2. The number of allylic oxidation sites excluding steroid dienone is 2. The van der Waals surface area contributed by atoms with Crippen LogP contribution in [0.1, 0.15) is 81.1 Å². The highest BCUT2D eigenvalue weighted by molar-refractivity contribution is 6.77. The predicted molar refractivity (Wildman–Crippen MR) is 130 cm³/mol. The van der Waals surface area contributed by atoms with E-state index in [0.717, 1.165) is 19.1 Å². The van der Waals surface area contributed by atoms with Crippen molar-refractivity contribution in [3.8, 4) is 12.1 Å². The summed E-state index contributed by atoms with van der Waals surface area (Å²) in [5.74, 6) is 0.486. The second kappa shape index (κ2) is 8.41. The van der Waals surface area contributed by atoms with E-state index >= 15 is 0 Å². The third kappa shape index (κ3) is 3.26. The summed E-state index contributed by atoms with van der Waals surface area (Å²) in [5, 5.41) is 19.6. The molecule has 0 bridgehead atoms. The first-order valence-corrected chi connectivity index (χ1v) is 14.7. The molecule has 5 heteroatoms. The van der Waals surface area contributed by atoms with Gasteiger partial charge in [0.2, 0.25) is 8.32 Å². The Morgan fingerprint density at radius 3 is 2.09 bits per heavy atom. The molecule has 32 heavy (non-hydrogen) atoms. The maximum atomic E-state index is 12.8. The fourth-order valence-electron chi connectivity index (χ4n) is 8.29. The SMILES string of the molecule is CC(C)[Si](O[C@H]1CC[C@]2(C)[C@H](C=CC3CC(C#N)(C#N)C[C@@]32C=O)[C@@H]1C)(C(C)C)C(C)C. The molecular weight excluding hydrogens is 412 g/mol. The molecule has 0 aromatic carbocycles. The quantitative estimate of drug-likeness (QED) is 0.251. The van der Waals surface area contributed by atoms with Crippen molar-refractivity contribution in [2.45, 2.75) is 104 Å². The first-order chi connectivity index (χ1) is 14.9. The van der Waals surface area contributed by atoms with Crippen molar-refractivity contribution in [2.75, 3.05) is 0 Å². The minimum absolute atomic E-state index is 0.0272. The molecule has 0 saturated heterocycles. The van der Waals surface area contributed by atoms with Gasteiger partial charge in [0.1, 0.15) is 11.7 Å². The van der Waals surface area contributed by atoms with Crippen LogP contribution in [-0.2, 0) is 9.22 Å². The summed E-state index contributed by atoms with van der Waals surface area (Å²) in [6.45, 7) is 18.5. The molecule has 2 fully saturated rings. The summed E-state index contributed by atoms with van der Waals surface area (Å²) in [6.07, 6.45) is 8.45. The monoisotopic (exact) mass is 454 g/mol. The highest BCUT2D eigenvalue weighted by Gasteiger charge is 2.67. The molecule has 3 rings (SSSR count). The number of rotatable bonds is 6. The summed E-state index contributed by atoms with van der Waals surface area (Å²) < 4.78 is 7.24. The number of fused-ring (bicyclic) bond motifs is 3. The molecule has 4 nitrogen and oxygen atoms in total. The first-order valence-electron chi connectivity index (χ1n) is 12.5. The van der Waals surface area contributed by atoms with Gasteiger partial charge in [-0.05, 0) is 65.5 Å². The fourth-order valence-corrected chi connectivity index (χ4v) is 14.0. The molecule has 0 N–H and O–H groups in total. The number of hydrogen-bond donors (Lipinski definition) is 0. The lowest BCUT2D eigenvalue weighted by Crippen LogP contribution is -2.59. The van der Waals surface area contributed by atoms with Crippen LogP contribution in [-0.4, -0.2) is 20.7 Å². The molecule has 0 radical (unpaired) electrons. The molecule has 0 heterocycles. The van der Waals surface area contributed by atoms with E-state index in [1.54, 1.807) is 0 Å². The predicted octanol–water partition coefficient (Wildman–Crippen LogP) is 6.80. The maximum absolute atomic E-state index is 12.8. The zero-order chi connectivity index (χ0) is 24.1. The molecule has 0 aromatic heterocycles. The molecule has 3 aliphatic carbocycles. The Bertz CT molecular complexity index is 815. The minimum atomic E-state index is -2.01. The third-order valence-electron chi connectivity index (χ3n) is 9.98. The van der Waals surface area contributed by atoms with E-state index in [2.05, 4.69) is 79.7 Å². The Labute approximate surface area is 196 Å². The van der Waals surface area contributed by atoms with Gasteiger partial charge in [0.05, 0.1) is 12.1 Å². The number of nitrogens with zero attached hydrogens (tertiary/aromatic N) is 2. The molecular formula is C27H42N2O2Si. The lowest BCUT2D eigenvalue weighted by molar-refractivity contribution is -0.141. The lowest BCUT2D eigenvalue weighted by atomic mass is 9.46. The van der Waals surface area contributed by atoms with Gasteiger partial charge in [0.15, 0.2) is 0 Å². The smallest absolute Gasteiger partial charge is 0.200 e. The van der Waals surface area contributed by atoms with Gasteiger partial charge in [0, 0.05) is 11.5 Å². The third-order valence-corrected chi connectivity index (χ3v) is 16.1. The standard InChI is InChI=1S/C27H42N2O2Si/c1-18(2)32(19(3)4,20(5)6)31-24-11-12-25(8)23(21(24)7)10-9-22-13-26(15-28,16-29)14-27(22,25)17-30/h9-10,17-24H,11-14H2,1-8H3/t21-,22?,23+,24-,25+,27+/m0/s1. The van der Waals surface area contributed by atoms with Crippen LogP contribution in [0.5, 0.6) is 0 Å². The van der Waals surface area contributed by atoms with Crippen LogP contribution < -0.4 is 0 Å². The van der Waals surface area contributed by atoms with Gasteiger partial charge in [-0.15, -0.1) is 0 Å². The zero-order valence-electron chi connectivity index (χ0n) is 21.3. The van der Waals surface area contributed by atoms with Crippen molar-refractivity contribution in [3.63, 3.8) is 0 Å². The highest BCUT2D eigenvalue weighted by Crippen LogP contribution is 2.69. The first kappa shape index (κ1) is 25.2. The average molecular weight is 455 g/mol. The Balaban J connectivity index is 1.98. The maximum Gasteiger partial charge on any atom is 0.200 e. The highest BCUT2D eigenvalue weighted by atomic mass is 28.4. The van der Waals surface area contributed by atoms with Gasteiger partial charge in [-0.25, -0.2) is 0 Å². The molecule has 0 aliphatic heterocycles. The van der Waals surface area contributed by atoms with E-state index in [9.17, 15) is 15.3 Å². The van der Waals surface area contributed by atoms with Crippen LogP contribution in [0.15, 0.2) is 12.2 Å². The summed E-state index contributed by atoms with van der Waals surface area (Å²) in [6, 6.07) is 4.54. The average Bonchev–Trinajstić information content (AvgIpc) is 3.09.